The molecular weight excluding hydrogens is 213 g/mol. The molecule has 0 saturated heterocycles. The van der Waals surface area contributed by atoms with E-state index < -0.39 is 0 Å². The van der Waals surface area contributed by atoms with E-state index >= 15 is 0 Å². The lowest BCUT2D eigenvalue weighted by molar-refractivity contribution is 0.460. The Morgan fingerprint density at radius 3 is 2.69 bits per heavy atom. The van der Waals surface area contributed by atoms with Crippen LogP contribution in [0.25, 0.3) is 11.0 Å². The number of nitrogen functional groups attached to an aromatic ring is 2. The molecule has 2 aromatic rings. The molecule has 0 aliphatic rings. The molecule has 0 fully saturated rings. The molecule has 0 radical (unpaired) electrons. The molecule has 6 heteroatoms. The molecule has 0 aliphatic carbocycles. The molecule has 0 aliphatic heterocycles. The van der Waals surface area contributed by atoms with Gasteiger partial charge in [-0.25, -0.2) is 0 Å². The maximum Gasteiger partial charge on any atom is 0.176 e. The number of nitrogens with zero attached hydrogens (tertiary/aromatic N) is 1. The summed E-state index contributed by atoms with van der Waals surface area (Å²) in [5.74, 6) is 0.287. The molecule has 0 unspecified atom stereocenters. The van der Waals surface area contributed by atoms with Crippen molar-refractivity contribution < 1.29 is 4.52 Å². The van der Waals surface area contributed by atoms with Crippen LogP contribution in [0.3, 0.4) is 0 Å². The maximum atomic E-state index is 5.85. The molecule has 4 nitrogen and oxygen atoms in total. The summed E-state index contributed by atoms with van der Waals surface area (Å²) < 4.78 is 4.87. The van der Waals surface area contributed by atoms with Crippen molar-refractivity contribution >= 4 is 46.5 Å². The van der Waals surface area contributed by atoms with Crippen LogP contribution in [0.15, 0.2) is 16.7 Å². The van der Waals surface area contributed by atoms with E-state index in [1.54, 1.807) is 12.1 Å². The third kappa shape index (κ3) is 1.50. The molecule has 0 bridgehead atoms. The first-order chi connectivity index (χ1) is 5.68. The second-order valence-electron chi connectivity index (χ2n) is 2.44. The third-order valence-electron chi connectivity index (χ3n) is 1.57. The van der Waals surface area contributed by atoms with Gasteiger partial charge in [0, 0.05) is 11.8 Å². The number of benzene rings is 1. The Morgan fingerprint density at radius 2 is 2.00 bits per heavy atom. The number of hydrogen-bond donors (Lipinski definition) is 2. The second-order valence-corrected chi connectivity index (χ2v) is 2.85. The van der Waals surface area contributed by atoms with E-state index in [2.05, 4.69) is 5.16 Å². The van der Waals surface area contributed by atoms with Gasteiger partial charge in [-0.1, -0.05) is 16.8 Å². The highest BCUT2D eigenvalue weighted by Crippen LogP contribution is 2.30. The van der Waals surface area contributed by atoms with Gasteiger partial charge in [0.1, 0.15) is 0 Å². The van der Waals surface area contributed by atoms with Gasteiger partial charge in [-0.2, -0.15) is 0 Å². The largest absolute Gasteiger partial charge is 0.399 e. The quantitative estimate of drug-likeness (QED) is 0.666. The van der Waals surface area contributed by atoms with Crippen LogP contribution in [-0.4, -0.2) is 5.16 Å². The molecular formula is C7H7Cl2N3O. The van der Waals surface area contributed by atoms with Crippen LogP contribution in [0, 0.1) is 0 Å². The molecule has 1 aromatic carbocycles. The number of fused-ring (bicyclic) bond motifs is 1. The second kappa shape index (κ2) is 3.32. The van der Waals surface area contributed by atoms with Crippen LogP contribution >= 0.6 is 24.0 Å². The fourth-order valence-corrected chi connectivity index (χ4v) is 1.38. The minimum absolute atomic E-state index is 0. The molecule has 1 aromatic heterocycles. The van der Waals surface area contributed by atoms with Gasteiger partial charge in [-0.05, 0) is 6.07 Å². The standard InChI is InChI=1S/C7H6ClN3O.ClH/c8-4-1-3(9)2-5-6(4)7(10)11-12-5;/h1-2H,9H2,(H2,10,11);1H. The van der Waals surface area contributed by atoms with E-state index in [1.165, 1.54) is 0 Å². The van der Waals surface area contributed by atoms with Gasteiger partial charge in [0.05, 0.1) is 10.4 Å². The van der Waals surface area contributed by atoms with E-state index in [0.717, 1.165) is 0 Å². The number of halogens is 2. The van der Waals surface area contributed by atoms with E-state index in [1.807, 2.05) is 0 Å². The van der Waals surface area contributed by atoms with Crippen molar-refractivity contribution in [1.29, 1.82) is 0 Å². The van der Waals surface area contributed by atoms with E-state index in [9.17, 15) is 0 Å². The number of rotatable bonds is 0. The zero-order chi connectivity index (χ0) is 8.72. The van der Waals surface area contributed by atoms with Gasteiger partial charge in [0.2, 0.25) is 0 Å². The van der Waals surface area contributed by atoms with Crippen molar-refractivity contribution in [3.63, 3.8) is 0 Å². The Kier molecular flexibility index (Phi) is 2.54. The average molecular weight is 220 g/mol. The highest BCUT2D eigenvalue weighted by Gasteiger charge is 2.09. The van der Waals surface area contributed by atoms with Crippen molar-refractivity contribution in [2.75, 3.05) is 11.5 Å². The van der Waals surface area contributed by atoms with E-state index in [-0.39, 0.29) is 18.2 Å². The van der Waals surface area contributed by atoms with Crippen molar-refractivity contribution in [3.8, 4) is 0 Å². The number of hydrogen-bond acceptors (Lipinski definition) is 4. The van der Waals surface area contributed by atoms with Crippen molar-refractivity contribution in [2.24, 2.45) is 0 Å². The first-order valence-electron chi connectivity index (χ1n) is 3.28. The van der Waals surface area contributed by atoms with Crippen LogP contribution < -0.4 is 11.5 Å². The van der Waals surface area contributed by atoms with Gasteiger partial charge in [-0.3, -0.25) is 0 Å². The van der Waals surface area contributed by atoms with Gasteiger partial charge in [0.15, 0.2) is 11.4 Å². The van der Waals surface area contributed by atoms with Crippen molar-refractivity contribution in [3.05, 3.63) is 17.2 Å². The molecule has 1 heterocycles. The molecule has 13 heavy (non-hydrogen) atoms. The highest BCUT2D eigenvalue weighted by molar-refractivity contribution is 6.36. The lowest BCUT2D eigenvalue weighted by Crippen LogP contribution is -1.86. The van der Waals surface area contributed by atoms with E-state index in [0.29, 0.717) is 21.7 Å². The topological polar surface area (TPSA) is 78.1 Å². The maximum absolute atomic E-state index is 5.85. The third-order valence-corrected chi connectivity index (χ3v) is 1.87. The van der Waals surface area contributed by atoms with Gasteiger partial charge < -0.3 is 16.0 Å². The van der Waals surface area contributed by atoms with Crippen LogP contribution in [-0.2, 0) is 0 Å². The zero-order valence-corrected chi connectivity index (χ0v) is 8.02. The molecule has 0 amide bonds. The normalized spacial score (nSPS) is 9.92. The lowest BCUT2D eigenvalue weighted by Gasteiger charge is -1.94. The molecule has 2 rings (SSSR count). The summed E-state index contributed by atoms with van der Waals surface area (Å²) in [6, 6.07) is 3.24. The van der Waals surface area contributed by atoms with Crippen LogP contribution in [0.4, 0.5) is 11.5 Å². The predicted molar refractivity (Wildman–Crippen MR) is 55.1 cm³/mol. The number of aromatic nitrogens is 1. The molecule has 70 valence electrons. The fourth-order valence-electron chi connectivity index (χ4n) is 1.07. The Hall–Kier alpha value is -1.13. The minimum Gasteiger partial charge on any atom is -0.399 e. The van der Waals surface area contributed by atoms with Gasteiger partial charge in [0.25, 0.3) is 0 Å². The summed E-state index contributed by atoms with van der Waals surface area (Å²) in [5, 5.41) is 4.64. The molecule has 4 N–H and O–H groups in total. The summed E-state index contributed by atoms with van der Waals surface area (Å²) in [7, 11) is 0. The van der Waals surface area contributed by atoms with Crippen LogP contribution in [0.2, 0.25) is 5.02 Å². The Labute approximate surface area is 85.2 Å². The summed E-state index contributed by atoms with van der Waals surface area (Å²) in [6.45, 7) is 0. The van der Waals surface area contributed by atoms with Gasteiger partial charge in [-0.15, -0.1) is 12.4 Å². The predicted octanol–water partition coefficient (Wildman–Crippen LogP) is 2.07. The van der Waals surface area contributed by atoms with E-state index in [4.69, 9.17) is 27.6 Å². The zero-order valence-electron chi connectivity index (χ0n) is 6.45. The number of nitrogens with two attached hydrogens (primary N) is 2. The lowest BCUT2D eigenvalue weighted by atomic mass is 10.2. The van der Waals surface area contributed by atoms with Gasteiger partial charge >= 0.3 is 0 Å². The first-order valence-corrected chi connectivity index (χ1v) is 3.66. The molecule has 0 spiro atoms. The SMILES string of the molecule is Cl.Nc1cc(Cl)c2c(N)noc2c1. The van der Waals surface area contributed by atoms with Crippen molar-refractivity contribution in [1.82, 2.24) is 5.16 Å². The van der Waals surface area contributed by atoms with Crippen LogP contribution in [0.5, 0.6) is 0 Å². The Morgan fingerprint density at radius 1 is 1.31 bits per heavy atom. The molecule has 0 saturated carbocycles. The summed E-state index contributed by atoms with van der Waals surface area (Å²) in [5.41, 5.74) is 12.1. The Bertz CT molecular complexity index is 440. The highest BCUT2D eigenvalue weighted by atomic mass is 35.5. The van der Waals surface area contributed by atoms with Crippen LogP contribution in [0.1, 0.15) is 0 Å². The average Bonchev–Trinajstić information content (AvgIpc) is 2.31. The number of anilines is 2. The van der Waals surface area contributed by atoms with Crippen molar-refractivity contribution in [2.45, 2.75) is 0 Å². The Balaban J connectivity index is 0.000000845. The molecule has 0 atom stereocenters. The first kappa shape index (κ1) is 9.95. The summed E-state index contributed by atoms with van der Waals surface area (Å²) >= 11 is 5.85. The summed E-state index contributed by atoms with van der Waals surface area (Å²) in [4.78, 5) is 0. The monoisotopic (exact) mass is 219 g/mol. The minimum atomic E-state index is 0. The fraction of sp³-hybridized carbons (Fsp3) is 0. The summed E-state index contributed by atoms with van der Waals surface area (Å²) in [6.07, 6.45) is 0. The smallest absolute Gasteiger partial charge is 0.176 e.